The number of rotatable bonds is 4. The Bertz CT molecular complexity index is 345. The maximum absolute atomic E-state index is 11.0. The van der Waals surface area contributed by atoms with Crippen LogP contribution in [0, 0.1) is 11.3 Å². The number of ether oxygens (including phenoxy) is 1. The van der Waals surface area contributed by atoms with Crippen molar-refractivity contribution >= 4 is 6.09 Å². The lowest BCUT2D eigenvalue weighted by atomic mass is 10.3. The minimum Gasteiger partial charge on any atom is -0.445 e. The Morgan fingerprint density at radius 3 is 3.20 bits per heavy atom. The van der Waals surface area contributed by atoms with Gasteiger partial charge in [-0.15, -0.1) is 0 Å². The van der Waals surface area contributed by atoms with Gasteiger partial charge >= 0.3 is 6.09 Å². The molecule has 0 aliphatic heterocycles. The van der Waals surface area contributed by atoms with Crippen molar-refractivity contribution in [1.29, 1.82) is 5.26 Å². The summed E-state index contributed by atoms with van der Waals surface area (Å²) in [6.07, 6.45) is 3.04. The van der Waals surface area contributed by atoms with Gasteiger partial charge in [0.25, 0.3) is 0 Å². The molecular formula is C10H11N3O2. The van der Waals surface area contributed by atoms with Crippen molar-refractivity contribution in [3.63, 3.8) is 0 Å². The molecule has 1 rings (SSSR count). The first kappa shape index (κ1) is 11.0. The molecule has 0 aromatic carbocycles. The first-order chi connectivity index (χ1) is 7.33. The SMILES string of the molecule is N#CCCNC(=O)OCc1cccnc1. The predicted octanol–water partition coefficient (Wildman–Crippen LogP) is 1.22. The van der Waals surface area contributed by atoms with E-state index in [0.29, 0.717) is 6.54 Å². The number of carbonyl (C=O) groups excluding carboxylic acids is 1. The lowest BCUT2D eigenvalue weighted by Crippen LogP contribution is -2.24. The monoisotopic (exact) mass is 205 g/mol. The van der Waals surface area contributed by atoms with Crippen LogP contribution in [0.5, 0.6) is 0 Å². The van der Waals surface area contributed by atoms with E-state index in [1.807, 2.05) is 12.1 Å². The quantitative estimate of drug-likeness (QED) is 0.750. The molecule has 0 radical (unpaired) electrons. The number of hydrogen-bond donors (Lipinski definition) is 1. The van der Waals surface area contributed by atoms with Crippen molar-refractivity contribution < 1.29 is 9.53 Å². The number of aromatic nitrogens is 1. The smallest absolute Gasteiger partial charge is 0.407 e. The van der Waals surface area contributed by atoms with E-state index in [4.69, 9.17) is 10.00 Å². The summed E-state index contributed by atoms with van der Waals surface area (Å²) in [7, 11) is 0. The number of amides is 1. The Labute approximate surface area is 87.7 Å². The first-order valence-corrected chi connectivity index (χ1v) is 4.49. The van der Waals surface area contributed by atoms with Gasteiger partial charge in [0.1, 0.15) is 6.61 Å². The van der Waals surface area contributed by atoms with Crippen LogP contribution in [0.3, 0.4) is 0 Å². The summed E-state index contributed by atoms with van der Waals surface area (Å²) in [5.41, 5.74) is 0.827. The summed E-state index contributed by atoms with van der Waals surface area (Å²) in [5, 5.41) is 10.7. The van der Waals surface area contributed by atoms with Gasteiger partial charge in [-0.1, -0.05) is 6.07 Å². The molecule has 78 valence electrons. The number of pyridine rings is 1. The fraction of sp³-hybridized carbons (Fsp3) is 0.300. The molecule has 0 spiro atoms. The molecular weight excluding hydrogens is 194 g/mol. The third-order valence-corrected chi connectivity index (χ3v) is 1.60. The van der Waals surface area contributed by atoms with E-state index in [9.17, 15) is 4.79 Å². The van der Waals surface area contributed by atoms with Crippen LogP contribution in [-0.2, 0) is 11.3 Å². The number of alkyl carbamates (subject to hydrolysis) is 1. The van der Waals surface area contributed by atoms with Crippen LogP contribution in [0.25, 0.3) is 0 Å². The van der Waals surface area contributed by atoms with Gasteiger partial charge in [-0.05, 0) is 6.07 Å². The Balaban J connectivity index is 2.20. The molecule has 0 atom stereocenters. The van der Waals surface area contributed by atoms with E-state index in [1.54, 1.807) is 18.5 Å². The highest BCUT2D eigenvalue weighted by molar-refractivity contribution is 5.67. The second-order valence-corrected chi connectivity index (χ2v) is 2.77. The van der Waals surface area contributed by atoms with Crippen LogP contribution >= 0.6 is 0 Å². The average Bonchev–Trinajstić information content (AvgIpc) is 2.28. The van der Waals surface area contributed by atoms with Crippen LogP contribution in [-0.4, -0.2) is 17.6 Å². The van der Waals surface area contributed by atoms with Gasteiger partial charge in [-0.2, -0.15) is 5.26 Å². The largest absolute Gasteiger partial charge is 0.445 e. The van der Waals surface area contributed by atoms with Gasteiger partial charge in [-0.3, -0.25) is 4.98 Å². The summed E-state index contributed by atoms with van der Waals surface area (Å²) in [6.45, 7) is 0.495. The lowest BCUT2D eigenvalue weighted by molar-refractivity contribution is 0.140. The molecule has 15 heavy (non-hydrogen) atoms. The molecule has 0 fully saturated rings. The zero-order valence-corrected chi connectivity index (χ0v) is 8.14. The molecule has 5 heteroatoms. The average molecular weight is 205 g/mol. The first-order valence-electron chi connectivity index (χ1n) is 4.49. The van der Waals surface area contributed by atoms with Crippen LogP contribution < -0.4 is 5.32 Å². The van der Waals surface area contributed by atoms with E-state index in [2.05, 4.69) is 10.3 Å². The van der Waals surface area contributed by atoms with Crippen molar-refractivity contribution in [2.75, 3.05) is 6.54 Å². The second kappa shape index (κ2) is 6.38. The van der Waals surface area contributed by atoms with Crippen LogP contribution in [0.1, 0.15) is 12.0 Å². The summed E-state index contributed by atoms with van der Waals surface area (Å²) >= 11 is 0. The zero-order chi connectivity index (χ0) is 10.9. The van der Waals surface area contributed by atoms with E-state index in [-0.39, 0.29) is 13.0 Å². The Morgan fingerprint density at radius 2 is 2.53 bits per heavy atom. The van der Waals surface area contributed by atoms with Crippen molar-refractivity contribution in [3.8, 4) is 6.07 Å². The summed E-state index contributed by atoms with van der Waals surface area (Å²) < 4.78 is 4.88. The maximum Gasteiger partial charge on any atom is 0.407 e. The summed E-state index contributed by atoms with van der Waals surface area (Å²) in [4.78, 5) is 14.9. The minimum absolute atomic E-state index is 0.187. The third-order valence-electron chi connectivity index (χ3n) is 1.60. The molecule has 1 heterocycles. The molecule has 0 bridgehead atoms. The standard InChI is InChI=1S/C10H11N3O2/c11-4-2-6-13-10(14)15-8-9-3-1-5-12-7-9/h1,3,5,7H,2,6,8H2,(H,13,14). The normalized spacial score (nSPS) is 9.00. The van der Waals surface area contributed by atoms with Crippen molar-refractivity contribution in [2.45, 2.75) is 13.0 Å². The van der Waals surface area contributed by atoms with Gasteiger partial charge < -0.3 is 10.1 Å². The fourth-order valence-electron chi connectivity index (χ4n) is 0.904. The van der Waals surface area contributed by atoms with Crippen LogP contribution in [0.15, 0.2) is 24.5 Å². The molecule has 0 aliphatic rings. The molecule has 0 unspecified atom stereocenters. The Kier molecular flexibility index (Phi) is 4.67. The lowest BCUT2D eigenvalue weighted by Gasteiger charge is -2.04. The van der Waals surface area contributed by atoms with Gasteiger partial charge in [0.15, 0.2) is 0 Å². The molecule has 5 nitrogen and oxygen atoms in total. The highest BCUT2D eigenvalue weighted by Crippen LogP contribution is 1.97. The molecule has 0 saturated carbocycles. The van der Waals surface area contributed by atoms with Gasteiger partial charge in [0.05, 0.1) is 12.5 Å². The molecule has 1 aromatic rings. The highest BCUT2D eigenvalue weighted by atomic mass is 16.5. The number of nitrogens with zero attached hydrogens (tertiary/aromatic N) is 2. The number of nitriles is 1. The van der Waals surface area contributed by atoms with Gasteiger partial charge in [0, 0.05) is 24.5 Å². The van der Waals surface area contributed by atoms with Gasteiger partial charge in [0.2, 0.25) is 0 Å². The van der Waals surface area contributed by atoms with E-state index < -0.39 is 6.09 Å². The highest BCUT2D eigenvalue weighted by Gasteiger charge is 2.00. The Hall–Kier alpha value is -2.09. The van der Waals surface area contributed by atoms with Crippen molar-refractivity contribution in [2.24, 2.45) is 0 Å². The summed E-state index contributed by atoms with van der Waals surface area (Å²) in [5.74, 6) is 0. The number of carbonyl (C=O) groups is 1. The van der Waals surface area contributed by atoms with Gasteiger partial charge in [-0.25, -0.2) is 4.79 Å². The minimum atomic E-state index is -0.519. The van der Waals surface area contributed by atoms with Crippen LogP contribution in [0.2, 0.25) is 0 Å². The van der Waals surface area contributed by atoms with Crippen LogP contribution in [0.4, 0.5) is 4.79 Å². The molecule has 1 amide bonds. The second-order valence-electron chi connectivity index (χ2n) is 2.77. The molecule has 1 N–H and O–H groups in total. The number of nitrogens with one attached hydrogen (secondary N) is 1. The molecule has 0 saturated heterocycles. The fourth-order valence-corrected chi connectivity index (χ4v) is 0.904. The maximum atomic E-state index is 11.0. The third kappa shape index (κ3) is 4.62. The van der Waals surface area contributed by atoms with E-state index in [1.165, 1.54) is 0 Å². The zero-order valence-electron chi connectivity index (χ0n) is 8.14. The van der Waals surface area contributed by atoms with E-state index >= 15 is 0 Å². The molecule has 1 aromatic heterocycles. The van der Waals surface area contributed by atoms with E-state index in [0.717, 1.165) is 5.56 Å². The Morgan fingerprint density at radius 1 is 1.67 bits per heavy atom. The van der Waals surface area contributed by atoms with Crippen molar-refractivity contribution in [3.05, 3.63) is 30.1 Å². The summed E-state index contributed by atoms with van der Waals surface area (Å²) in [6, 6.07) is 5.50. The number of hydrogen-bond acceptors (Lipinski definition) is 4. The topological polar surface area (TPSA) is 75.0 Å². The molecule has 0 aliphatic carbocycles. The van der Waals surface area contributed by atoms with Crippen molar-refractivity contribution in [1.82, 2.24) is 10.3 Å². The predicted molar refractivity (Wildman–Crippen MR) is 52.7 cm³/mol.